The zero-order chi connectivity index (χ0) is 17.6. The van der Waals surface area contributed by atoms with Gasteiger partial charge in [0.25, 0.3) is 0 Å². The highest BCUT2D eigenvalue weighted by molar-refractivity contribution is 6.34. The molecule has 4 rings (SSSR count). The number of hydrogen-bond acceptors (Lipinski definition) is 3. The summed E-state index contributed by atoms with van der Waals surface area (Å²) in [6, 6.07) is 16.2. The lowest BCUT2D eigenvalue weighted by Gasteiger charge is -2.05. The maximum atomic E-state index is 12.1. The largest absolute Gasteiger partial charge is 0.403 e. The summed E-state index contributed by atoms with van der Waals surface area (Å²) in [7, 11) is 0. The molecule has 124 valence electrons. The number of rotatable bonds is 2. The highest BCUT2D eigenvalue weighted by Crippen LogP contribution is 2.32. The van der Waals surface area contributed by atoms with Gasteiger partial charge in [-0.05, 0) is 30.7 Å². The average molecular weight is 371 g/mol. The quantitative estimate of drug-likeness (QED) is 0.483. The van der Waals surface area contributed by atoms with Crippen LogP contribution in [0.15, 0.2) is 63.8 Å². The fourth-order valence-corrected chi connectivity index (χ4v) is 3.42. The molecule has 0 unspecified atom stereocenters. The number of aryl methyl sites for hydroxylation is 1. The van der Waals surface area contributed by atoms with Crippen molar-refractivity contribution < 1.29 is 4.42 Å². The van der Waals surface area contributed by atoms with Gasteiger partial charge in [-0.2, -0.15) is 9.78 Å². The van der Waals surface area contributed by atoms with Crippen LogP contribution in [-0.4, -0.2) is 9.78 Å². The van der Waals surface area contributed by atoms with E-state index in [0.29, 0.717) is 21.4 Å². The summed E-state index contributed by atoms with van der Waals surface area (Å²) in [5.74, 6) is 0. The molecule has 0 radical (unpaired) electrons. The molecule has 6 heteroatoms. The molecule has 4 aromatic rings. The van der Waals surface area contributed by atoms with Gasteiger partial charge < -0.3 is 4.42 Å². The minimum Gasteiger partial charge on any atom is -0.403 e. The number of benzene rings is 2. The van der Waals surface area contributed by atoms with Gasteiger partial charge in [-0.25, -0.2) is 4.79 Å². The Morgan fingerprint density at radius 1 is 1.00 bits per heavy atom. The van der Waals surface area contributed by atoms with Crippen molar-refractivity contribution in [3.05, 3.63) is 80.8 Å². The van der Waals surface area contributed by atoms with Gasteiger partial charge in [-0.15, -0.1) is 0 Å². The van der Waals surface area contributed by atoms with Gasteiger partial charge in [0, 0.05) is 21.7 Å². The van der Waals surface area contributed by atoms with E-state index in [4.69, 9.17) is 27.6 Å². The van der Waals surface area contributed by atoms with Crippen molar-refractivity contribution in [3.63, 3.8) is 0 Å². The van der Waals surface area contributed by atoms with Crippen LogP contribution in [0.4, 0.5) is 0 Å². The lowest BCUT2D eigenvalue weighted by atomic mass is 10.0. The summed E-state index contributed by atoms with van der Waals surface area (Å²) in [6.07, 6.45) is 0. The maximum absolute atomic E-state index is 12.1. The van der Waals surface area contributed by atoms with E-state index in [1.54, 1.807) is 22.9 Å². The van der Waals surface area contributed by atoms with E-state index in [1.807, 2.05) is 37.3 Å². The van der Waals surface area contributed by atoms with Crippen LogP contribution < -0.4 is 5.63 Å². The highest BCUT2D eigenvalue weighted by atomic mass is 35.5. The predicted octanol–water partition coefficient (Wildman–Crippen LogP) is 5.26. The SMILES string of the molecule is Cc1nn(-c2cc(Cl)cc(Cl)c2)c2oc(=O)cc(-c3ccccc3)c12. The second-order valence-corrected chi connectivity index (χ2v) is 6.52. The smallest absolute Gasteiger partial charge is 0.338 e. The molecule has 4 nitrogen and oxygen atoms in total. The van der Waals surface area contributed by atoms with E-state index >= 15 is 0 Å². The molecule has 0 saturated heterocycles. The van der Waals surface area contributed by atoms with Gasteiger partial charge in [-0.3, -0.25) is 0 Å². The maximum Gasteiger partial charge on any atom is 0.338 e. The molecule has 2 heterocycles. The van der Waals surface area contributed by atoms with Crippen LogP contribution in [0.25, 0.3) is 27.9 Å². The van der Waals surface area contributed by atoms with Crippen molar-refractivity contribution in [2.75, 3.05) is 0 Å². The molecule has 0 amide bonds. The van der Waals surface area contributed by atoms with Crippen molar-refractivity contribution in [2.24, 2.45) is 0 Å². The Kier molecular flexibility index (Phi) is 3.86. The summed E-state index contributed by atoms with van der Waals surface area (Å²) in [5.41, 5.74) is 3.00. The van der Waals surface area contributed by atoms with Gasteiger partial charge in [0.2, 0.25) is 5.71 Å². The second kappa shape index (κ2) is 6.06. The van der Waals surface area contributed by atoms with Crippen LogP contribution in [0.1, 0.15) is 5.69 Å². The molecule has 0 aliphatic heterocycles. The normalized spacial score (nSPS) is 11.2. The topological polar surface area (TPSA) is 48.0 Å². The first kappa shape index (κ1) is 15.9. The summed E-state index contributed by atoms with van der Waals surface area (Å²) in [4.78, 5) is 12.1. The van der Waals surface area contributed by atoms with Gasteiger partial charge in [0.1, 0.15) is 0 Å². The number of fused-ring (bicyclic) bond motifs is 1. The predicted molar refractivity (Wildman–Crippen MR) is 99.8 cm³/mol. The van der Waals surface area contributed by atoms with Crippen LogP contribution in [0, 0.1) is 6.92 Å². The fraction of sp³-hybridized carbons (Fsp3) is 0.0526. The average Bonchev–Trinajstić information content (AvgIpc) is 2.91. The molecule has 0 spiro atoms. The number of hydrogen-bond donors (Lipinski definition) is 0. The first-order valence-electron chi connectivity index (χ1n) is 7.58. The third-order valence-corrected chi connectivity index (χ3v) is 4.36. The molecule has 0 atom stereocenters. The van der Waals surface area contributed by atoms with Crippen molar-refractivity contribution in [1.82, 2.24) is 9.78 Å². The van der Waals surface area contributed by atoms with E-state index in [1.165, 1.54) is 6.07 Å². The molecular weight excluding hydrogens is 359 g/mol. The van der Waals surface area contributed by atoms with E-state index in [0.717, 1.165) is 22.2 Å². The monoisotopic (exact) mass is 370 g/mol. The first-order chi connectivity index (χ1) is 12.0. The van der Waals surface area contributed by atoms with Gasteiger partial charge in [0.05, 0.1) is 16.8 Å². The number of aromatic nitrogens is 2. The fourth-order valence-electron chi connectivity index (χ4n) is 2.91. The molecule has 2 aromatic heterocycles. The molecule has 0 fully saturated rings. The van der Waals surface area contributed by atoms with Gasteiger partial charge >= 0.3 is 5.63 Å². The minimum atomic E-state index is -0.444. The van der Waals surface area contributed by atoms with Crippen LogP contribution >= 0.6 is 23.2 Å². The zero-order valence-corrected chi connectivity index (χ0v) is 14.7. The van der Waals surface area contributed by atoms with Crippen LogP contribution in [0.2, 0.25) is 10.0 Å². The Morgan fingerprint density at radius 2 is 1.68 bits per heavy atom. The Bertz CT molecular complexity index is 1130. The Hall–Kier alpha value is -2.56. The van der Waals surface area contributed by atoms with Crippen LogP contribution in [0.3, 0.4) is 0 Å². The van der Waals surface area contributed by atoms with Crippen molar-refractivity contribution in [1.29, 1.82) is 0 Å². The molecule has 0 aliphatic carbocycles. The summed E-state index contributed by atoms with van der Waals surface area (Å²) < 4.78 is 7.02. The van der Waals surface area contributed by atoms with Crippen molar-refractivity contribution in [2.45, 2.75) is 6.92 Å². The number of nitrogens with zero attached hydrogens (tertiary/aromatic N) is 2. The van der Waals surface area contributed by atoms with E-state index in [-0.39, 0.29) is 0 Å². The highest BCUT2D eigenvalue weighted by Gasteiger charge is 2.18. The van der Waals surface area contributed by atoms with Crippen LogP contribution in [-0.2, 0) is 0 Å². The van der Waals surface area contributed by atoms with E-state index in [2.05, 4.69) is 5.10 Å². The third-order valence-electron chi connectivity index (χ3n) is 3.92. The Balaban J connectivity index is 2.07. The third kappa shape index (κ3) is 2.84. The molecule has 0 N–H and O–H groups in total. The lowest BCUT2D eigenvalue weighted by molar-refractivity contribution is 0.536. The molecule has 0 aliphatic rings. The summed E-state index contributed by atoms with van der Waals surface area (Å²) in [5, 5.41) is 6.27. The lowest BCUT2D eigenvalue weighted by Crippen LogP contribution is -2.02. The molecule has 2 aromatic carbocycles. The van der Waals surface area contributed by atoms with E-state index in [9.17, 15) is 4.79 Å². The minimum absolute atomic E-state index is 0.363. The second-order valence-electron chi connectivity index (χ2n) is 5.65. The number of halogens is 2. The Labute approximate surface area is 153 Å². The van der Waals surface area contributed by atoms with Gasteiger partial charge in [-0.1, -0.05) is 53.5 Å². The van der Waals surface area contributed by atoms with Crippen LogP contribution in [0.5, 0.6) is 0 Å². The van der Waals surface area contributed by atoms with Crippen molar-refractivity contribution >= 4 is 34.3 Å². The summed E-state index contributed by atoms with van der Waals surface area (Å²) >= 11 is 12.2. The van der Waals surface area contributed by atoms with E-state index < -0.39 is 5.63 Å². The molecule has 0 bridgehead atoms. The van der Waals surface area contributed by atoms with Crippen molar-refractivity contribution in [3.8, 4) is 16.8 Å². The standard InChI is InChI=1S/C19H12Cl2N2O2/c1-11-18-16(12-5-3-2-4-6-12)10-17(24)25-19(18)23(22-11)15-8-13(20)7-14(21)9-15/h2-10H,1H3. The molecule has 0 saturated carbocycles. The van der Waals surface area contributed by atoms with Gasteiger partial charge in [0.15, 0.2) is 0 Å². The Morgan fingerprint density at radius 3 is 2.36 bits per heavy atom. The first-order valence-corrected chi connectivity index (χ1v) is 8.34. The zero-order valence-electron chi connectivity index (χ0n) is 13.2. The molecular formula is C19H12Cl2N2O2. The molecule has 25 heavy (non-hydrogen) atoms. The summed E-state index contributed by atoms with van der Waals surface area (Å²) in [6.45, 7) is 1.87.